The van der Waals surface area contributed by atoms with Gasteiger partial charge in [0.05, 0.1) is 4.34 Å². The molecule has 1 heterocycles. The quantitative estimate of drug-likeness (QED) is 0.833. The molecule has 16 heavy (non-hydrogen) atoms. The van der Waals surface area contributed by atoms with Crippen molar-refractivity contribution in [1.29, 1.82) is 0 Å². The average Bonchev–Trinajstić information content (AvgIpc) is 2.68. The van der Waals surface area contributed by atoms with Gasteiger partial charge in [0.25, 0.3) is 0 Å². The van der Waals surface area contributed by atoms with E-state index < -0.39 is 0 Å². The summed E-state index contributed by atoms with van der Waals surface area (Å²) in [7, 11) is 0. The second-order valence-corrected chi connectivity index (χ2v) is 6.57. The van der Waals surface area contributed by atoms with Gasteiger partial charge in [0, 0.05) is 12.1 Å². The van der Waals surface area contributed by atoms with E-state index in [1.165, 1.54) is 31.2 Å². The molecule has 0 amide bonds. The van der Waals surface area contributed by atoms with E-state index >= 15 is 0 Å². The monoisotopic (exact) mass is 257 g/mol. The van der Waals surface area contributed by atoms with Crippen LogP contribution >= 0.6 is 22.9 Å². The Kier molecular flexibility index (Phi) is 4.28. The first-order valence-corrected chi connectivity index (χ1v) is 7.41. The highest BCUT2D eigenvalue weighted by Crippen LogP contribution is 2.28. The van der Waals surface area contributed by atoms with Crippen LogP contribution in [0, 0.1) is 5.92 Å². The van der Waals surface area contributed by atoms with Gasteiger partial charge in [-0.05, 0) is 55.5 Å². The van der Waals surface area contributed by atoms with Crippen LogP contribution in [0.15, 0.2) is 11.4 Å². The average molecular weight is 258 g/mol. The van der Waals surface area contributed by atoms with E-state index in [2.05, 4.69) is 30.6 Å². The maximum absolute atomic E-state index is 5.96. The zero-order valence-corrected chi connectivity index (χ0v) is 11.6. The molecule has 0 saturated heterocycles. The van der Waals surface area contributed by atoms with Crippen molar-refractivity contribution in [1.82, 2.24) is 5.32 Å². The molecule has 0 spiro atoms. The summed E-state index contributed by atoms with van der Waals surface area (Å²) in [6.45, 7) is 4.59. The molecule has 1 fully saturated rings. The summed E-state index contributed by atoms with van der Waals surface area (Å²) >= 11 is 7.58. The van der Waals surface area contributed by atoms with Gasteiger partial charge in [0.15, 0.2) is 0 Å². The Labute approximate surface area is 107 Å². The van der Waals surface area contributed by atoms with Crippen molar-refractivity contribution < 1.29 is 0 Å². The van der Waals surface area contributed by atoms with Crippen LogP contribution in [0.25, 0.3) is 0 Å². The maximum Gasteiger partial charge on any atom is 0.0931 e. The van der Waals surface area contributed by atoms with Crippen LogP contribution in [0.1, 0.15) is 51.1 Å². The molecule has 1 nitrogen and oxygen atoms in total. The van der Waals surface area contributed by atoms with E-state index in [1.807, 2.05) is 0 Å². The molecule has 1 aromatic heterocycles. The van der Waals surface area contributed by atoms with Crippen molar-refractivity contribution in [3.8, 4) is 0 Å². The molecule has 0 aromatic carbocycles. The molecule has 3 heteroatoms. The lowest BCUT2D eigenvalue weighted by atomic mass is 9.87. The van der Waals surface area contributed by atoms with Crippen molar-refractivity contribution in [2.45, 2.75) is 51.6 Å². The number of halogens is 1. The van der Waals surface area contributed by atoms with Gasteiger partial charge in [-0.2, -0.15) is 0 Å². The summed E-state index contributed by atoms with van der Waals surface area (Å²) in [6, 6.07) is 3.21. The smallest absolute Gasteiger partial charge is 0.0931 e. The zero-order chi connectivity index (χ0) is 11.5. The highest BCUT2D eigenvalue weighted by Gasteiger charge is 2.20. The topological polar surface area (TPSA) is 12.0 Å². The van der Waals surface area contributed by atoms with E-state index in [9.17, 15) is 0 Å². The van der Waals surface area contributed by atoms with Gasteiger partial charge in [0.1, 0.15) is 0 Å². The number of thiophene rings is 1. The first-order chi connectivity index (χ1) is 7.65. The van der Waals surface area contributed by atoms with Crippen molar-refractivity contribution in [2.75, 3.05) is 0 Å². The van der Waals surface area contributed by atoms with Gasteiger partial charge >= 0.3 is 0 Å². The molecule has 1 aliphatic rings. The summed E-state index contributed by atoms with van der Waals surface area (Å²) in [6.07, 6.45) is 5.39. The van der Waals surface area contributed by atoms with Crippen LogP contribution in [-0.2, 0) is 0 Å². The van der Waals surface area contributed by atoms with Gasteiger partial charge in [-0.3, -0.25) is 0 Å². The van der Waals surface area contributed by atoms with Crippen molar-refractivity contribution in [3.63, 3.8) is 0 Å². The van der Waals surface area contributed by atoms with Crippen LogP contribution in [0.5, 0.6) is 0 Å². The van der Waals surface area contributed by atoms with E-state index in [0.717, 1.165) is 10.3 Å². The minimum Gasteiger partial charge on any atom is -0.307 e. The third-order valence-corrected chi connectivity index (χ3v) is 4.70. The Morgan fingerprint density at radius 1 is 1.38 bits per heavy atom. The van der Waals surface area contributed by atoms with Gasteiger partial charge in [-0.15, -0.1) is 11.3 Å². The number of nitrogens with one attached hydrogen (secondary N) is 1. The van der Waals surface area contributed by atoms with Crippen molar-refractivity contribution >= 4 is 22.9 Å². The molecule has 1 N–H and O–H groups in total. The van der Waals surface area contributed by atoms with Crippen LogP contribution < -0.4 is 5.32 Å². The Morgan fingerprint density at radius 2 is 2.06 bits per heavy atom. The molecular formula is C13H20ClNS. The van der Waals surface area contributed by atoms with E-state index in [-0.39, 0.29) is 0 Å². The largest absolute Gasteiger partial charge is 0.307 e. The minimum atomic E-state index is 0.433. The number of hydrogen-bond donors (Lipinski definition) is 1. The molecular weight excluding hydrogens is 238 g/mol. The lowest BCUT2D eigenvalue weighted by Crippen LogP contribution is -2.34. The van der Waals surface area contributed by atoms with Crippen LogP contribution in [0.2, 0.25) is 4.34 Å². The van der Waals surface area contributed by atoms with Gasteiger partial charge in [-0.1, -0.05) is 18.5 Å². The fourth-order valence-corrected chi connectivity index (χ4v) is 3.41. The number of rotatable bonds is 3. The highest BCUT2D eigenvalue weighted by atomic mass is 35.5. The summed E-state index contributed by atoms with van der Waals surface area (Å²) < 4.78 is 0.890. The van der Waals surface area contributed by atoms with Crippen LogP contribution in [0.4, 0.5) is 0 Å². The zero-order valence-electron chi connectivity index (χ0n) is 10.0. The van der Waals surface area contributed by atoms with Crippen LogP contribution in [0.3, 0.4) is 0 Å². The second-order valence-electron chi connectivity index (χ2n) is 5.03. The van der Waals surface area contributed by atoms with Gasteiger partial charge < -0.3 is 5.32 Å². The second kappa shape index (κ2) is 5.52. The fourth-order valence-electron chi connectivity index (χ4n) is 2.43. The van der Waals surface area contributed by atoms with Gasteiger partial charge in [0.2, 0.25) is 0 Å². The first kappa shape index (κ1) is 12.4. The molecule has 90 valence electrons. The molecule has 0 bridgehead atoms. The molecule has 1 saturated carbocycles. The minimum absolute atomic E-state index is 0.433. The first-order valence-electron chi connectivity index (χ1n) is 6.15. The predicted octanol–water partition coefficient (Wildman–Crippen LogP) is 4.63. The van der Waals surface area contributed by atoms with Gasteiger partial charge in [-0.25, -0.2) is 0 Å². The summed E-state index contributed by atoms with van der Waals surface area (Å²) in [4.78, 5) is 0. The summed E-state index contributed by atoms with van der Waals surface area (Å²) in [5.41, 5.74) is 1.33. The number of hydrogen-bond acceptors (Lipinski definition) is 2. The fraction of sp³-hybridized carbons (Fsp3) is 0.692. The molecule has 1 aromatic rings. The molecule has 1 atom stereocenters. The Hall–Kier alpha value is -0.0500. The SMILES string of the molecule is CC1CCC(NC(C)c2csc(Cl)c2)CC1. The molecule has 1 unspecified atom stereocenters. The van der Waals surface area contributed by atoms with Crippen molar-refractivity contribution in [2.24, 2.45) is 5.92 Å². The lowest BCUT2D eigenvalue weighted by molar-refractivity contribution is 0.292. The maximum atomic E-state index is 5.96. The molecule has 0 aliphatic heterocycles. The summed E-state index contributed by atoms with van der Waals surface area (Å²) in [5, 5.41) is 5.88. The third kappa shape index (κ3) is 3.22. The molecule has 2 rings (SSSR count). The normalized spacial score (nSPS) is 27.9. The Balaban J connectivity index is 1.85. The standard InChI is InChI=1S/C13H20ClNS/c1-9-3-5-12(6-4-9)15-10(2)11-7-13(14)16-8-11/h7-10,12,15H,3-6H2,1-2H3. The predicted molar refractivity (Wildman–Crippen MR) is 72.3 cm³/mol. The van der Waals surface area contributed by atoms with Crippen LogP contribution in [-0.4, -0.2) is 6.04 Å². The molecule has 1 aliphatic carbocycles. The van der Waals surface area contributed by atoms with Crippen molar-refractivity contribution in [3.05, 3.63) is 21.3 Å². The van der Waals surface area contributed by atoms with E-state index in [1.54, 1.807) is 11.3 Å². The third-order valence-electron chi connectivity index (χ3n) is 3.59. The Morgan fingerprint density at radius 3 is 2.62 bits per heavy atom. The highest BCUT2D eigenvalue weighted by molar-refractivity contribution is 7.14. The molecule has 0 radical (unpaired) electrons. The summed E-state index contributed by atoms with van der Waals surface area (Å²) in [5.74, 6) is 0.920. The van der Waals surface area contributed by atoms with E-state index in [4.69, 9.17) is 11.6 Å². The Bertz CT molecular complexity index is 328. The van der Waals surface area contributed by atoms with E-state index in [0.29, 0.717) is 12.1 Å². The lowest BCUT2D eigenvalue weighted by Gasteiger charge is -2.29.